The van der Waals surface area contributed by atoms with Gasteiger partial charge in [-0.3, -0.25) is 9.88 Å². The van der Waals surface area contributed by atoms with E-state index in [9.17, 15) is 0 Å². The molecule has 1 aliphatic rings. The van der Waals surface area contributed by atoms with Gasteiger partial charge < -0.3 is 0 Å². The molecule has 1 atom stereocenters. The zero-order valence-electron chi connectivity index (χ0n) is 9.64. The van der Waals surface area contributed by atoms with Crippen molar-refractivity contribution < 1.29 is 0 Å². The fourth-order valence-corrected chi connectivity index (χ4v) is 2.65. The smallest absolute Gasteiger partial charge is 0.0705 e. The summed E-state index contributed by atoms with van der Waals surface area (Å²) in [5.41, 5.74) is 2.21. The molecular formula is C14H15ClN2. The van der Waals surface area contributed by atoms with Gasteiger partial charge in [0, 0.05) is 30.4 Å². The minimum Gasteiger partial charge on any atom is -0.296 e. The number of fused-ring (bicyclic) bond motifs is 1. The zero-order valence-corrected chi connectivity index (χ0v) is 10.4. The van der Waals surface area contributed by atoms with Gasteiger partial charge in [0.15, 0.2) is 0 Å². The Bertz CT molecular complexity index is 526. The standard InChI is InChI=1S/C14H15ClN2/c15-12-7-8-17(9-12)10-13-6-5-11-3-1-2-4-14(11)16-13/h1-6,12H,7-10H2. The van der Waals surface area contributed by atoms with Gasteiger partial charge in [-0.25, -0.2) is 0 Å². The van der Waals surface area contributed by atoms with Gasteiger partial charge in [-0.2, -0.15) is 0 Å². The van der Waals surface area contributed by atoms with Gasteiger partial charge in [0.05, 0.1) is 11.2 Å². The molecule has 0 radical (unpaired) electrons. The number of nitrogens with zero attached hydrogens (tertiary/aromatic N) is 2. The van der Waals surface area contributed by atoms with Gasteiger partial charge >= 0.3 is 0 Å². The number of hydrogen-bond acceptors (Lipinski definition) is 2. The summed E-state index contributed by atoms with van der Waals surface area (Å²) < 4.78 is 0. The van der Waals surface area contributed by atoms with Gasteiger partial charge in [0.2, 0.25) is 0 Å². The number of para-hydroxylation sites is 1. The van der Waals surface area contributed by atoms with Crippen molar-refractivity contribution >= 4 is 22.5 Å². The van der Waals surface area contributed by atoms with Crippen LogP contribution < -0.4 is 0 Å². The lowest BCUT2D eigenvalue weighted by molar-refractivity contribution is 0.328. The number of likely N-dealkylation sites (tertiary alicyclic amines) is 1. The SMILES string of the molecule is ClC1CCN(Cc2ccc3ccccc3n2)C1. The number of rotatable bonds is 2. The summed E-state index contributed by atoms with van der Waals surface area (Å²) in [6.07, 6.45) is 1.09. The molecule has 2 aromatic rings. The molecule has 0 aliphatic carbocycles. The van der Waals surface area contributed by atoms with Crippen LogP contribution in [0.2, 0.25) is 0 Å². The van der Waals surface area contributed by atoms with Gasteiger partial charge in [-0.05, 0) is 18.6 Å². The average Bonchev–Trinajstić information content (AvgIpc) is 2.75. The van der Waals surface area contributed by atoms with E-state index in [1.54, 1.807) is 0 Å². The lowest BCUT2D eigenvalue weighted by Crippen LogP contribution is -2.20. The van der Waals surface area contributed by atoms with Crippen LogP contribution in [0.4, 0.5) is 0 Å². The van der Waals surface area contributed by atoms with Crippen molar-refractivity contribution in [2.45, 2.75) is 18.3 Å². The van der Waals surface area contributed by atoms with E-state index >= 15 is 0 Å². The van der Waals surface area contributed by atoms with E-state index < -0.39 is 0 Å². The topological polar surface area (TPSA) is 16.1 Å². The van der Waals surface area contributed by atoms with Crippen LogP contribution in [0, 0.1) is 0 Å². The first-order valence-electron chi connectivity index (χ1n) is 6.02. The molecule has 2 nitrogen and oxygen atoms in total. The first-order valence-corrected chi connectivity index (χ1v) is 6.46. The Balaban J connectivity index is 1.81. The van der Waals surface area contributed by atoms with Crippen LogP contribution in [-0.2, 0) is 6.54 Å². The van der Waals surface area contributed by atoms with Crippen molar-refractivity contribution in [3.63, 3.8) is 0 Å². The van der Waals surface area contributed by atoms with E-state index in [2.05, 4.69) is 34.1 Å². The fourth-order valence-electron chi connectivity index (χ4n) is 2.35. The molecular weight excluding hydrogens is 232 g/mol. The highest BCUT2D eigenvalue weighted by atomic mass is 35.5. The summed E-state index contributed by atoms with van der Waals surface area (Å²) >= 11 is 6.11. The van der Waals surface area contributed by atoms with Crippen LogP contribution in [0.25, 0.3) is 10.9 Å². The third-order valence-electron chi connectivity index (χ3n) is 3.26. The number of aromatic nitrogens is 1. The first kappa shape index (κ1) is 11.0. The zero-order chi connectivity index (χ0) is 11.7. The van der Waals surface area contributed by atoms with Gasteiger partial charge in [-0.15, -0.1) is 11.6 Å². The normalized spacial score (nSPS) is 21.1. The van der Waals surface area contributed by atoms with Gasteiger partial charge in [0.1, 0.15) is 0 Å². The lowest BCUT2D eigenvalue weighted by Gasteiger charge is -2.14. The maximum atomic E-state index is 6.11. The summed E-state index contributed by atoms with van der Waals surface area (Å²) in [5, 5.41) is 1.52. The molecule has 17 heavy (non-hydrogen) atoms. The molecule has 3 rings (SSSR count). The molecule has 0 amide bonds. The summed E-state index contributed by atoms with van der Waals surface area (Å²) in [4.78, 5) is 7.05. The molecule has 1 fully saturated rings. The van der Waals surface area contributed by atoms with Crippen LogP contribution in [0.3, 0.4) is 0 Å². The van der Waals surface area contributed by atoms with Crippen molar-refractivity contribution in [2.75, 3.05) is 13.1 Å². The van der Waals surface area contributed by atoms with E-state index in [0.29, 0.717) is 5.38 Å². The maximum Gasteiger partial charge on any atom is 0.0705 e. The molecule has 1 aliphatic heterocycles. The van der Waals surface area contributed by atoms with Crippen molar-refractivity contribution in [2.24, 2.45) is 0 Å². The van der Waals surface area contributed by atoms with Crippen molar-refractivity contribution in [1.29, 1.82) is 0 Å². The Hall–Kier alpha value is -1.12. The summed E-state index contributed by atoms with van der Waals surface area (Å²) in [6, 6.07) is 12.5. The van der Waals surface area contributed by atoms with Crippen LogP contribution in [-0.4, -0.2) is 28.4 Å². The van der Waals surface area contributed by atoms with E-state index in [1.807, 2.05) is 12.1 Å². The lowest BCUT2D eigenvalue weighted by atomic mass is 10.2. The summed E-state index contributed by atoms with van der Waals surface area (Å²) in [7, 11) is 0. The largest absolute Gasteiger partial charge is 0.296 e. The molecule has 1 aromatic carbocycles. The maximum absolute atomic E-state index is 6.11. The summed E-state index contributed by atoms with van der Waals surface area (Å²) in [6.45, 7) is 2.98. The third-order valence-corrected chi connectivity index (χ3v) is 3.61. The molecule has 1 unspecified atom stereocenters. The third kappa shape index (κ3) is 2.43. The second-order valence-electron chi connectivity index (χ2n) is 4.62. The van der Waals surface area contributed by atoms with Gasteiger partial charge in [-0.1, -0.05) is 24.3 Å². The highest BCUT2D eigenvalue weighted by molar-refractivity contribution is 6.20. The number of pyridine rings is 1. The first-order chi connectivity index (χ1) is 8.31. The van der Waals surface area contributed by atoms with E-state index in [1.165, 1.54) is 5.39 Å². The quantitative estimate of drug-likeness (QED) is 0.758. The number of alkyl halides is 1. The molecule has 0 bridgehead atoms. The Morgan fingerprint density at radius 3 is 2.94 bits per heavy atom. The molecule has 0 saturated carbocycles. The second-order valence-corrected chi connectivity index (χ2v) is 5.23. The summed E-state index contributed by atoms with van der Waals surface area (Å²) in [5.74, 6) is 0. The Morgan fingerprint density at radius 2 is 2.12 bits per heavy atom. The van der Waals surface area contributed by atoms with Crippen LogP contribution in [0.15, 0.2) is 36.4 Å². The van der Waals surface area contributed by atoms with E-state index in [-0.39, 0.29) is 0 Å². The van der Waals surface area contributed by atoms with Crippen LogP contribution >= 0.6 is 11.6 Å². The Morgan fingerprint density at radius 1 is 1.24 bits per heavy atom. The highest BCUT2D eigenvalue weighted by Crippen LogP contribution is 2.18. The molecule has 1 saturated heterocycles. The van der Waals surface area contributed by atoms with Crippen molar-refractivity contribution in [1.82, 2.24) is 9.88 Å². The number of halogens is 1. The number of benzene rings is 1. The predicted molar refractivity (Wildman–Crippen MR) is 71.3 cm³/mol. The second kappa shape index (κ2) is 4.63. The molecule has 88 valence electrons. The minimum atomic E-state index is 0.315. The van der Waals surface area contributed by atoms with Crippen LogP contribution in [0.1, 0.15) is 12.1 Å². The monoisotopic (exact) mass is 246 g/mol. The minimum absolute atomic E-state index is 0.315. The molecule has 0 N–H and O–H groups in total. The van der Waals surface area contributed by atoms with E-state index in [4.69, 9.17) is 11.6 Å². The van der Waals surface area contributed by atoms with E-state index in [0.717, 1.165) is 37.3 Å². The van der Waals surface area contributed by atoms with Crippen molar-refractivity contribution in [3.05, 3.63) is 42.1 Å². The number of hydrogen-bond donors (Lipinski definition) is 0. The van der Waals surface area contributed by atoms with Crippen LogP contribution in [0.5, 0.6) is 0 Å². The highest BCUT2D eigenvalue weighted by Gasteiger charge is 2.20. The molecule has 3 heteroatoms. The fraction of sp³-hybridized carbons (Fsp3) is 0.357. The predicted octanol–water partition coefficient (Wildman–Crippen LogP) is 3.05. The van der Waals surface area contributed by atoms with Gasteiger partial charge in [0.25, 0.3) is 0 Å². The average molecular weight is 247 g/mol. The Kier molecular flexibility index (Phi) is 3.00. The van der Waals surface area contributed by atoms with Crippen molar-refractivity contribution in [3.8, 4) is 0 Å². The molecule has 1 aromatic heterocycles. The Labute approximate surface area is 106 Å². The molecule has 2 heterocycles. The molecule has 0 spiro atoms.